The minimum absolute atomic E-state index is 0.577. The SMILES string of the molecule is NS(=O)(=O)c1ccc(OCC(F)(F)C(F)F)c(C(=O)O)c1. The molecule has 3 N–H and O–H groups in total. The van der Waals surface area contributed by atoms with Crippen LogP contribution in [0.3, 0.4) is 0 Å². The third-order valence-electron chi connectivity index (χ3n) is 2.25. The summed E-state index contributed by atoms with van der Waals surface area (Å²) in [6.07, 6.45) is -3.99. The van der Waals surface area contributed by atoms with Gasteiger partial charge in [0.15, 0.2) is 6.61 Å². The highest BCUT2D eigenvalue weighted by molar-refractivity contribution is 7.89. The molecule has 1 aromatic carbocycles. The largest absolute Gasteiger partial charge is 0.486 e. The van der Waals surface area contributed by atoms with E-state index in [1.54, 1.807) is 0 Å². The number of primary sulfonamides is 1. The molecule has 0 atom stereocenters. The first-order valence-electron chi connectivity index (χ1n) is 5.14. The number of nitrogens with two attached hydrogens (primary N) is 1. The highest BCUT2D eigenvalue weighted by atomic mass is 32.2. The number of aromatic carboxylic acids is 1. The lowest BCUT2D eigenvalue weighted by Crippen LogP contribution is -2.34. The molecule has 118 valence electrons. The van der Waals surface area contributed by atoms with Gasteiger partial charge in [0.1, 0.15) is 11.3 Å². The van der Waals surface area contributed by atoms with Gasteiger partial charge in [-0.1, -0.05) is 0 Å². The van der Waals surface area contributed by atoms with Crippen LogP contribution in [0.1, 0.15) is 10.4 Å². The summed E-state index contributed by atoms with van der Waals surface area (Å²) in [6, 6.07) is 2.12. The third kappa shape index (κ3) is 4.29. The smallest absolute Gasteiger partial charge is 0.340 e. The second-order valence-corrected chi connectivity index (χ2v) is 5.42. The number of carboxylic acid groups (broad SMARTS) is 1. The zero-order valence-electron chi connectivity index (χ0n) is 10.1. The van der Waals surface area contributed by atoms with Gasteiger partial charge in [0.2, 0.25) is 10.0 Å². The number of rotatable bonds is 6. The molecule has 0 bridgehead atoms. The molecule has 0 amide bonds. The maximum Gasteiger partial charge on any atom is 0.340 e. The van der Waals surface area contributed by atoms with E-state index in [9.17, 15) is 30.8 Å². The first kappa shape index (κ1) is 17.2. The fourth-order valence-electron chi connectivity index (χ4n) is 1.22. The molecular formula is C10H9F4NO5S. The van der Waals surface area contributed by atoms with Crippen molar-refractivity contribution in [2.24, 2.45) is 5.14 Å². The summed E-state index contributed by atoms with van der Waals surface area (Å²) in [5.74, 6) is -6.86. The van der Waals surface area contributed by atoms with Crippen LogP contribution in [0.25, 0.3) is 0 Å². The molecule has 0 saturated carbocycles. The van der Waals surface area contributed by atoms with Crippen molar-refractivity contribution in [3.05, 3.63) is 23.8 Å². The van der Waals surface area contributed by atoms with Gasteiger partial charge in [-0.3, -0.25) is 0 Å². The summed E-state index contributed by atoms with van der Waals surface area (Å²) in [7, 11) is -4.22. The van der Waals surface area contributed by atoms with E-state index in [-0.39, 0.29) is 0 Å². The minimum Gasteiger partial charge on any atom is -0.486 e. The maximum absolute atomic E-state index is 12.7. The summed E-state index contributed by atoms with van der Waals surface area (Å²) >= 11 is 0. The van der Waals surface area contributed by atoms with Crippen molar-refractivity contribution in [2.45, 2.75) is 17.2 Å². The van der Waals surface area contributed by atoms with Crippen molar-refractivity contribution in [1.29, 1.82) is 0 Å². The average Bonchev–Trinajstić information content (AvgIpc) is 2.34. The number of hydrogen-bond donors (Lipinski definition) is 2. The molecule has 1 rings (SSSR count). The topological polar surface area (TPSA) is 107 Å². The van der Waals surface area contributed by atoms with E-state index in [1.807, 2.05) is 0 Å². The van der Waals surface area contributed by atoms with Crippen LogP contribution in [0, 0.1) is 0 Å². The molecule has 0 spiro atoms. The quantitative estimate of drug-likeness (QED) is 0.765. The zero-order chi connectivity index (χ0) is 16.4. The summed E-state index contributed by atoms with van der Waals surface area (Å²) in [5, 5.41) is 13.6. The lowest BCUT2D eigenvalue weighted by atomic mass is 10.2. The molecule has 0 saturated heterocycles. The van der Waals surface area contributed by atoms with E-state index in [0.717, 1.165) is 12.1 Å². The Balaban J connectivity index is 3.12. The molecular weight excluding hydrogens is 322 g/mol. The van der Waals surface area contributed by atoms with E-state index in [1.165, 1.54) is 0 Å². The van der Waals surface area contributed by atoms with Crippen LogP contribution >= 0.6 is 0 Å². The summed E-state index contributed by atoms with van der Waals surface area (Å²) in [4.78, 5) is 10.3. The molecule has 11 heteroatoms. The van der Waals surface area contributed by atoms with Gasteiger partial charge in [0.05, 0.1) is 4.90 Å². The van der Waals surface area contributed by atoms with Gasteiger partial charge < -0.3 is 9.84 Å². The number of hydrogen-bond acceptors (Lipinski definition) is 4. The normalized spacial score (nSPS) is 12.5. The van der Waals surface area contributed by atoms with Crippen LogP contribution in [-0.2, 0) is 10.0 Å². The van der Waals surface area contributed by atoms with E-state index in [0.29, 0.717) is 6.07 Å². The first-order valence-corrected chi connectivity index (χ1v) is 6.68. The highest BCUT2D eigenvalue weighted by Crippen LogP contribution is 2.27. The maximum atomic E-state index is 12.7. The number of ether oxygens (including phenoxy) is 1. The highest BCUT2D eigenvalue weighted by Gasteiger charge is 2.42. The van der Waals surface area contributed by atoms with Gasteiger partial charge in [0.25, 0.3) is 0 Å². The van der Waals surface area contributed by atoms with Gasteiger partial charge in [-0.25, -0.2) is 27.1 Å². The van der Waals surface area contributed by atoms with Crippen molar-refractivity contribution in [3.8, 4) is 5.75 Å². The molecule has 0 aliphatic heterocycles. The molecule has 0 aromatic heterocycles. The molecule has 0 aliphatic carbocycles. The fraction of sp³-hybridized carbons (Fsp3) is 0.300. The fourth-order valence-corrected chi connectivity index (χ4v) is 1.76. The van der Waals surface area contributed by atoms with E-state index in [4.69, 9.17) is 10.2 Å². The lowest BCUT2D eigenvalue weighted by Gasteiger charge is -2.17. The molecule has 0 heterocycles. The van der Waals surface area contributed by atoms with Crippen molar-refractivity contribution in [2.75, 3.05) is 6.61 Å². The first-order chi connectivity index (χ1) is 9.45. The summed E-state index contributed by atoms with van der Waals surface area (Å²) in [5.41, 5.74) is -0.799. The van der Waals surface area contributed by atoms with Crippen LogP contribution in [0.15, 0.2) is 23.1 Å². The van der Waals surface area contributed by atoms with Crippen molar-refractivity contribution < 1.29 is 40.6 Å². The second kappa shape index (κ2) is 5.85. The van der Waals surface area contributed by atoms with Gasteiger partial charge >= 0.3 is 18.3 Å². The van der Waals surface area contributed by atoms with Gasteiger partial charge in [-0.2, -0.15) is 8.78 Å². The molecule has 6 nitrogen and oxygen atoms in total. The third-order valence-corrected chi connectivity index (χ3v) is 3.16. The van der Waals surface area contributed by atoms with Gasteiger partial charge in [-0.05, 0) is 18.2 Å². The summed E-state index contributed by atoms with van der Waals surface area (Å²) in [6.45, 7) is -1.76. The zero-order valence-corrected chi connectivity index (χ0v) is 10.9. The van der Waals surface area contributed by atoms with Crippen LogP contribution in [0.5, 0.6) is 5.75 Å². The Morgan fingerprint density at radius 3 is 2.38 bits per heavy atom. The standard InChI is InChI=1S/C10H9F4NO5S/c11-9(12)10(13,14)4-20-7-2-1-5(21(15,18)19)3-6(7)8(16)17/h1-3,9H,4H2,(H,16,17)(H2,15,18,19). The number of halogens is 4. The van der Waals surface area contributed by atoms with E-state index < -0.39 is 51.2 Å². The number of benzene rings is 1. The average molecular weight is 331 g/mol. The van der Waals surface area contributed by atoms with Crippen LogP contribution in [0.2, 0.25) is 0 Å². The predicted octanol–water partition coefficient (Wildman–Crippen LogP) is 1.31. The Hall–Kier alpha value is -1.88. The number of carbonyl (C=O) groups is 1. The van der Waals surface area contributed by atoms with Gasteiger partial charge in [-0.15, -0.1) is 0 Å². The second-order valence-electron chi connectivity index (χ2n) is 3.86. The van der Waals surface area contributed by atoms with Crippen molar-refractivity contribution in [3.63, 3.8) is 0 Å². The molecule has 0 radical (unpaired) electrons. The Bertz CT molecular complexity index is 647. The minimum atomic E-state index is -4.48. The Morgan fingerprint density at radius 2 is 1.95 bits per heavy atom. The Morgan fingerprint density at radius 1 is 1.38 bits per heavy atom. The van der Waals surface area contributed by atoms with Gasteiger partial charge in [0, 0.05) is 0 Å². The lowest BCUT2D eigenvalue weighted by molar-refractivity contribution is -0.148. The van der Waals surface area contributed by atoms with Crippen LogP contribution in [-0.4, -0.2) is 38.4 Å². The van der Waals surface area contributed by atoms with Crippen LogP contribution in [0.4, 0.5) is 17.6 Å². The van der Waals surface area contributed by atoms with Crippen molar-refractivity contribution >= 4 is 16.0 Å². The predicted molar refractivity (Wildman–Crippen MR) is 61.2 cm³/mol. The van der Waals surface area contributed by atoms with Crippen LogP contribution < -0.4 is 9.88 Å². The molecule has 0 fully saturated rings. The number of alkyl halides is 4. The van der Waals surface area contributed by atoms with E-state index in [2.05, 4.69) is 4.74 Å². The molecule has 1 aromatic rings. The Kier molecular flexibility index (Phi) is 4.79. The van der Waals surface area contributed by atoms with E-state index >= 15 is 0 Å². The molecule has 0 aliphatic rings. The number of carboxylic acids is 1. The molecule has 0 unspecified atom stereocenters. The number of sulfonamides is 1. The van der Waals surface area contributed by atoms with Crippen molar-refractivity contribution in [1.82, 2.24) is 0 Å². The Labute approximate surface area is 116 Å². The summed E-state index contributed by atoms with van der Waals surface area (Å²) < 4.78 is 75.7. The molecule has 21 heavy (non-hydrogen) atoms. The monoisotopic (exact) mass is 331 g/mol.